The number of amides is 1. The van der Waals surface area contributed by atoms with Gasteiger partial charge in [-0.15, -0.1) is 5.10 Å². The third-order valence-corrected chi connectivity index (χ3v) is 4.80. The van der Waals surface area contributed by atoms with Crippen LogP contribution in [0.3, 0.4) is 0 Å². The van der Waals surface area contributed by atoms with Crippen molar-refractivity contribution in [3.8, 4) is 0 Å². The molecule has 2 aromatic heterocycles. The molecule has 8 heteroatoms. The summed E-state index contributed by atoms with van der Waals surface area (Å²) in [4.78, 5) is 22.9. The van der Waals surface area contributed by atoms with E-state index in [1.807, 2.05) is 4.90 Å². The maximum atomic E-state index is 12.5. The maximum Gasteiger partial charge on any atom is 0.255 e. The topological polar surface area (TPSA) is 74.7 Å². The minimum absolute atomic E-state index is 0.0332. The number of ether oxygens (including phenoxy) is 1. The fraction of sp³-hybridized carbons (Fsp3) is 0.444. The average molecular weight is 354 g/mol. The van der Waals surface area contributed by atoms with Crippen molar-refractivity contribution in [1.82, 2.24) is 20.1 Å². The third-order valence-electron chi connectivity index (χ3n) is 4.80. The minimum Gasteiger partial charge on any atom is -0.378 e. The molecule has 8 nitrogen and oxygen atoms in total. The number of anilines is 2. The molecule has 2 saturated heterocycles. The maximum absolute atomic E-state index is 12.5. The van der Waals surface area contributed by atoms with Crippen LogP contribution in [-0.2, 0) is 4.74 Å². The molecule has 0 N–H and O–H groups in total. The number of aromatic nitrogens is 3. The molecule has 2 aliphatic rings. The Morgan fingerprint density at radius 2 is 1.81 bits per heavy atom. The number of piperazine rings is 1. The summed E-state index contributed by atoms with van der Waals surface area (Å²) < 4.78 is 5.41. The van der Waals surface area contributed by atoms with E-state index in [4.69, 9.17) is 4.74 Å². The van der Waals surface area contributed by atoms with Gasteiger partial charge in [0, 0.05) is 57.7 Å². The Morgan fingerprint density at radius 1 is 1.00 bits per heavy atom. The molecule has 2 aromatic rings. The summed E-state index contributed by atoms with van der Waals surface area (Å²) in [6.45, 7) is 6.05. The van der Waals surface area contributed by atoms with Crippen molar-refractivity contribution in [2.24, 2.45) is 0 Å². The smallest absolute Gasteiger partial charge is 0.255 e. The van der Waals surface area contributed by atoms with Gasteiger partial charge in [-0.2, -0.15) is 5.10 Å². The molecule has 4 heterocycles. The molecule has 0 radical (unpaired) electrons. The molecule has 0 aromatic carbocycles. The summed E-state index contributed by atoms with van der Waals surface area (Å²) in [5.74, 6) is 0.897. The van der Waals surface area contributed by atoms with E-state index in [2.05, 4.69) is 31.0 Å². The molecule has 26 heavy (non-hydrogen) atoms. The molecular weight excluding hydrogens is 332 g/mol. The Balaban J connectivity index is 1.39. The normalized spacial score (nSPS) is 18.1. The van der Waals surface area contributed by atoms with Gasteiger partial charge in [-0.25, -0.2) is 0 Å². The lowest BCUT2D eigenvalue weighted by atomic mass is 10.2. The van der Waals surface area contributed by atoms with Crippen molar-refractivity contribution in [3.63, 3.8) is 0 Å². The first-order chi connectivity index (χ1) is 12.8. The number of pyridine rings is 1. The van der Waals surface area contributed by atoms with Crippen LogP contribution in [0.25, 0.3) is 0 Å². The van der Waals surface area contributed by atoms with Gasteiger partial charge in [-0.05, 0) is 12.1 Å². The summed E-state index contributed by atoms with van der Waals surface area (Å²) in [5.41, 5.74) is 1.71. The van der Waals surface area contributed by atoms with Crippen LogP contribution in [0, 0.1) is 0 Å². The summed E-state index contributed by atoms with van der Waals surface area (Å²) in [7, 11) is 0. The Hall–Kier alpha value is -2.74. The van der Waals surface area contributed by atoms with Crippen LogP contribution in [0.15, 0.2) is 36.8 Å². The first kappa shape index (κ1) is 16.7. The van der Waals surface area contributed by atoms with Gasteiger partial charge < -0.3 is 19.4 Å². The van der Waals surface area contributed by atoms with Gasteiger partial charge in [0.25, 0.3) is 5.91 Å². The van der Waals surface area contributed by atoms with E-state index >= 15 is 0 Å². The third kappa shape index (κ3) is 3.60. The monoisotopic (exact) mass is 354 g/mol. The molecule has 4 rings (SSSR count). The van der Waals surface area contributed by atoms with Gasteiger partial charge in [0.15, 0.2) is 5.82 Å². The van der Waals surface area contributed by atoms with Gasteiger partial charge in [-0.1, -0.05) is 0 Å². The number of morpholine rings is 1. The molecule has 0 aliphatic carbocycles. The molecule has 136 valence electrons. The van der Waals surface area contributed by atoms with E-state index in [9.17, 15) is 4.79 Å². The predicted octanol–water partition coefficient (Wildman–Crippen LogP) is 0.671. The van der Waals surface area contributed by atoms with Crippen molar-refractivity contribution >= 4 is 17.4 Å². The standard InChI is InChI=1S/C18H22N6O2/c25-18(15-2-1-3-19-13-15)24-6-4-23(5-7-24)17-12-16(14-20-21-17)22-8-10-26-11-9-22/h1-3,12-14H,4-11H2. The SMILES string of the molecule is O=C(c1cccnc1)N1CCN(c2cc(N3CCOCC3)cnn2)CC1. The fourth-order valence-corrected chi connectivity index (χ4v) is 3.31. The molecular formula is C18H22N6O2. The van der Waals surface area contributed by atoms with Gasteiger partial charge in [0.1, 0.15) is 0 Å². The number of hydrogen-bond donors (Lipinski definition) is 0. The summed E-state index contributed by atoms with van der Waals surface area (Å²) in [6, 6.07) is 5.67. The van der Waals surface area contributed by atoms with Crippen LogP contribution in [-0.4, -0.2) is 78.5 Å². The highest BCUT2D eigenvalue weighted by molar-refractivity contribution is 5.94. The van der Waals surface area contributed by atoms with Crippen LogP contribution < -0.4 is 9.80 Å². The van der Waals surface area contributed by atoms with Crippen LogP contribution in [0.2, 0.25) is 0 Å². The summed E-state index contributed by atoms with van der Waals surface area (Å²) in [5, 5.41) is 8.46. The second-order valence-corrected chi connectivity index (χ2v) is 6.39. The zero-order valence-electron chi connectivity index (χ0n) is 14.6. The molecule has 0 atom stereocenters. The van der Waals surface area contributed by atoms with Crippen molar-refractivity contribution in [2.75, 3.05) is 62.3 Å². The minimum atomic E-state index is 0.0332. The summed E-state index contributed by atoms with van der Waals surface area (Å²) in [6.07, 6.45) is 5.10. The molecule has 2 aliphatic heterocycles. The van der Waals surface area contributed by atoms with Gasteiger partial charge in [0.2, 0.25) is 0 Å². The highest BCUT2D eigenvalue weighted by Gasteiger charge is 2.23. The molecule has 1 amide bonds. The van der Waals surface area contributed by atoms with E-state index < -0.39 is 0 Å². The quantitative estimate of drug-likeness (QED) is 0.802. The number of hydrogen-bond acceptors (Lipinski definition) is 7. The van der Waals surface area contributed by atoms with Crippen LogP contribution in [0.1, 0.15) is 10.4 Å². The lowest BCUT2D eigenvalue weighted by molar-refractivity contribution is 0.0746. The van der Waals surface area contributed by atoms with Crippen LogP contribution >= 0.6 is 0 Å². The van der Waals surface area contributed by atoms with Crippen molar-refractivity contribution in [1.29, 1.82) is 0 Å². The molecule has 0 unspecified atom stereocenters. The Morgan fingerprint density at radius 3 is 2.54 bits per heavy atom. The highest BCUT2D eigenvalue weighted by atomic mass is 16.5. The van der Waals surface area contributed by atoms with E-state index in [-0.39, 0.29) is 5.91 Å². The second kappa shape index (κ2) is 7.65. The number of carbonyl (C=O) groups excluding carboxylic acids is 1. The molecule has 0 saturated carbocycles. The predicted molar refractivity (Wildman–Crippen MR) is 97.4 cm³/mol. The molecule has 2 fully saturated rings. The second-order valence-electron chi connectivity index (χ2n) is 6.39. The first-order valence-corrected chi connectivity index (χ1v) is 8.91. The van der Waals surface area contributed by atoms with Crippen molar-refractivity contribution < 1.29 is 9.53 Å². The van der Waals surface area contributed by atoms with Gasteiger partial charge >= 0.3 is 0 Å². The van der Waals surface area contributed by atoms with E-state index in [0.717, 1.165) is 50.9 Å². The van der Waals surface area contributed by atoms with Crippen LogP contribution in [0.4, 0.5) is 11.5 Å². The van der Waals surface area contributed by atoms with Crippen LogP contribution in [0.5, 0.6) is 0 Å². The Kier molecular flexibility index (Phi) is 4.92. The number of carbonyl (C=O) groups is 1. The van der Waals surface area contributed by atoms with Gasteiger partial charge in [-0.3, -0.25) is 9.78 Å². The highest BCUT2D eigenvalue weighted by Crippen LogP contribution is 2.21. The summed E-state index contributed by atoms with van der Waals surface area (Å²) >= 11 is 0. The number of nitrogens with zero attached hydrogens (tertiary/aromatic N) is 6. The molecule has 0 bridgehead atoms. The lowest BCUT2D eigenvalue weighted by Crippen LogP contribution is -2.49. The Bertz CT molecular complexity index is 742. The van der Waals surface area contributed by atoms with E-state index in [0.29, 0.717) is 18.7 Å². The molecule has 0 spiro atoms. The first-order valence-electron chi connectivity index (χ1n) is 8.91. The largest absolute Gasteiger partial charge is 0.378 e. The zero-order valence-corrected chi connectivity index (χ0v) is 14.6. The van der Waals surface area contributed by atoms with E-state index in [1.165, 1.54) is 0 Å². The lowest BCUT2D eigenvalue weighted by Gasteiger charge is -2.35. The van der Waals surface area contributed by atoms with Crippen molar-refractivity contribution in [3.05, 3.63) is 42.4 Å². The van der Waals surface area contributed by atoms with E-state index in [1.54, 1.807) is 30.7 Å². The zero-order chi connectivity index (χ0) is 17.8. The fourth-order valence-electron chi connectivity index (χ4n) is 3.31. The number of rotatable bonds is 3. The van der Waals surface area contributed by atoms with Crippen molar-refractivity contribution in [2.45, 2.75) is 0 Å². The average Bonchev–Trinajstić information content (AvgIpc) is 2.75. The van der Waals surface area contributed by atoms with Gasteiger partial charge in [0.05, 0.1) is 30.7 Å². The Labute approximate surface area is 152 Å².